The van der Waals surface area contributed by atoms with Crippen molar-refractivity contribution in [2.24, 2.45) is 11.1 Å². The lowest BCUT2D eigenvalue weighted by atomic mass is 9.89. The normalized spacial score (nSPS) is 33.8. The highest BCUT2D eigenvalue weighted by molar-refractivity contribution is 5.76. The number of nitrogens with two attached hydrogens (primary N) is 1. The molecular weight excluding hydrogens is 216 g/mol. The number of carbonyl (C=O) groups excluding carboxylic acids is 1. The summed E-state index contributed by atoms with van der Waals surface area (Å²) in [5, 5.41) is 0. The second kappa shape index (κ2) is 4.58. The summed E-state index contributed by atoms with van der Waals surface area (Å²) in [5.41, 5.74) is 5.63. The van der Waals surface area contributed by atoms with Crippen LogP contribution in [0.25, 0.3) is 0 Å². The number of piperidine rings is 1. The lowest BCUT2D eigenvalue weighted by molar-refractivity contribution is -0.152. The molecule has 2 rings (SSSR count). The predicted molar refractivity (Wildman–Crippen MR) is 66.5 cm³/mol. The van der Waals surface area contributed by atoms with Crippen molar-refractivity contribution in [1.29, 1.82) is 0 Å². The van der Waals surface area contributed by atoms with Crippen LogP contribution in [0.3, 0.4) is 0 Å². The van der Waals surface area contributed by atoms with E-state index in [1.807, 2.05) is 13.8 Å². The summed E-state index contributed by atoms with van der Waals surface area (Å²) in [5.74, 6) is -0.119. The van der Waals surface area contributed by atoms with Crippen molar-refractivity contribution in [1.82, 2.24) is 4.90 Å². The smallest absolute Gasteiger partial charge is 0.312 e. The van der Waals surface area contributed by atoms with Gasteiger partial charge in [-0.3, -0.25) is 9.69 Å². The second-order valence-electron chi connectivity index (χ2n) is 6.16. The molecule has 0 radical (unpaired) electrons. The maximum atomic E-state index is 11.7. The first-order valence-corrected chi connectivity index (χ1v) is 6.54. The Balaban J connectivity index is 2.03. The number of nitrogens with zero attached hydrogens (tertiary/aromatic N) is 1. The molecule has 2 unspecified atom stereocenters. The van der Waals surface area contributed by atoms with Gasteiger partial charge in [0.05, 0.1) is 12.5 Å². The van der Waals surface area contributed by atoms with Gasteiger partial charge in [0.15, 0.2) is 0 Å². The molecule has 0 aromatic heterocycles. The average molecular weight is 240 g/mol. The van der Waals surface area contributed by atoms with E-state index in [0.717, 1.165) is 19.4 Å². The van der Waals surface area contributed by atoms with Gasteiger partial charge < -0.3 is 10.5 Å². The molecule has 17 heavy (non-hydrogen) atoms. The molecule has 0 aromatic carbocycles. The quantitative estimate of drug-likeness (QED) is 0.752. The summed E-state index contributed by atoms with van der Waals surface area (Å²) in [6.07, 6.45) is 4.62. The van der Waals surface area contributed by atoms with Gasteiger partial charge in [-0.1, -0.05) is 0 Å². The van der Waals surface area contributed by atoms with Gasteiger partial charge in [0.1, 0.15) is 0 Å². The summed E-state index contributed by atoms with van der Waals surface area (Å²) < 4.78 is 4.88. The molecule has 2 aliphatic rings. The van der Waals surface area contributed by atoms with E-state index >= 15 is 0 Å². The van der Waals surface area contributed by atoms with Gasteiger partial charge in [-0.25, -0.2) is 0 Å². The lowest BCUT2D eigenvalue weighted by Gasteiger charge is -2.41. The minimum absolute atomic E-state index is 0.119. The Kier molecular flexibility index (Phi) is 3.46. The van der Waals surface area contributed by atoms with E-state index in [-0.39, 0.29) is 5.97 Å². The minimum Gasteiger partial charge on any atom is -0.469 e. The third-order valence-electron chi connectivity index (χ3n) is 4.24. The standard InChI is InChI=1S/C13H24N2O2/c1-13(2,12(16)17-3)8-15-10-4-5-11(15)7-9(14)6-10/h9-11H,4-8,14H2,1-3H3. The molecule has 2 N–H and O–H groups in total. The van der Waals surface area contributed by atoms with Crippen LogP contribution in [0.1, 0.15) is 39.5 Å². The van der Waals surface area contributed by atoms with E-state index in [1.54, 1.807) is 0 Å². The molecule has 0 spiro atoms. The fraction of sp³-hybridized carbons (Fsp3) is 0.923. The van der Waals surface area contributed by atoms with Crippen LogP contribution in [0.4, 0.5) is 0 Å². The van der Waals surface area contributed by atoms with Gasteiger partial charge in [0.2, 0.25) is 0 Å². The Hall–Kier alpha value is -0.610. The topological polar surface area (TPSA) is 55.6 Å². The first-order chi connectivity index (χ1) is 7.94. The summed E-state index contributed by atoms with van der Waals surface area (Å²) >= 11 is 0. The molecule has 4 nitrogen and oxygen atoms in total. The molecule has 2 fully saturated rings. The minimum atomic E-state index is -0.420. The van der Waals surface area contributed by atoms with E-state index in [4.69, 9.17) is 10.5 Å². The number of ether oxygens (including phenoxy) is 1. The molecule has 0 saturated carbocycles. The van der Waals surface area contributed by atoms with Crippen molar-refractivity contribution < 1.29 is 9.53 Å². The van der Waals surface area contributed by atoms with Crippen LogP contribution in [0.15, 0.2) is 0 Å². The number of rotatable bonds is 3. The van der Waals surface area contributed by atoms with Gasteiger partial charge in [-0.15, -0.1) is 0 Å². The number of hydrogen-bond donors (Lipinski definition) is 1. The van der Waals surface area contributed by atoms with Gasteiger partial charge in [-0.05, 0) is 39.5 Å². The van der Waals surface area contributed by atoms with E-state index in [1.165, 1.54) is 20.0 Å². The van der Waals surface area contributed by atoms with E-state index in [0.29, 0.717) is 18.1 Å². The van der Waals surface area contributed by atoms with Crippen LogP contribution in [-0.4, -0.2) is 42.6 Å². The van der Waals surface area contributed by atoms with Crippen molar-refractivity contribution in [2.45, 2.75) is 57.7 Å². The molecule has 0 amide bonds. The first kappa shape index (κ1) is 12.8. The van der Waals surface area contributed by atoms with Gasteiger partial charge in [-0.2, -0.15) is 0 Å². The molecule has 0 aliphatic carbocycles. The van der Waals surface area contributed by atoms with Crippen molar-refractivity contribution in [3.63, 3.8) is 0 Å². The number of esters is 1. The molecule has 0 aromatic rings. The molecule has 2 bridgehead atoms. The maximum Gasteiger partial charge on any atom is 0.312 e. The van der Waals surface area contributed by atoms with Crippen LogP contribution in [0.5, 0.6) is 0 Å². The Labute approximate surface area is 103 Å². The number of fused-ring (bicyclic) bond motifs is 2. The fourth-order valence-corrected chi connectivity index (χ4v) is 3.37. The Morgan fingerprint density at radius 1 is 1.35 bits per heavy atom. The Morgan fingerprint density at radius 2 is 1.88 bits per heavy atom. The zero-order valence-corrected chi connectivity index (χ0v) is 11.1. The highest BCUT2D eigenvalue weighted by Crippen LogP contribution is 2.37. The summed E-state index contributed by atoms with van der Waals surface area (Å²) in [6, 6.07) is 1.50. The van der Waals surface area contributed by atoms with E-state index in [9.17, 15) is 4.79 Å². The Morgan fingerprint density at radius 3 is 2.35 bits per heavy atom. The van der Waals surface area contributed by atoms with E-state index < -0.39 is 5.41 Å². The fourth-order valence-electron chi connectivity index (χ4n) is 3.37. The molecule has 2 aliphatic heterocycles. The third kappa shape index (κ3) is 2.47. The number of carbonyl (C=O) groups is 1. The molecule has 98 valence electrons. The van der Waals surface area contributed by atoms with Crippen molar-refractivity contribution in [3.05, 3.63) is 0 Å². The van der Waals surface area contributed by atoms with Crippen molar-refractivity contribution >= 4 is 5.97 Å². The SMILES string of the molecule is COC(=O)C(C)(C)CN1C2CCC1CC(N)C2. The van der Waals surface area contributed by atoms with Gasteiger partial charge in [0, 0.05) is 24.7 Å². The van der Waals surface area contributed by atoms with Crippen LogP contribution in [0.2, 0.25) is 0 Å². The molecular formula is C13H24N2O2. The largest absolute Gasteiger partial charge is 0.469 e. The lowest BCUT2D eigenvalue weighted by Crippen LogP contribution is -2.51. The van der Waals surface area contributed by atoms with Crippen LogP contribution >= 0.6 is 0 Å². The van der Waals surface area contributed by atoms with Gasteiger partial charge in [0.25, 0.3) is 0 Å². The van der Waals surface area contributed by atoms with Crippen LogP contribution in [0, 0.1) is 5.41 Å². The predicted octanol–water partition coefficient (Wildman–Crippen LogP) is 1.14. The van der Waals surface area contributed by atoms with Crippen molar-refractivity contribution in [2.75, 3.05) is 13.7 Å². The average Bonchev–Trinajstić information content (AvgIpc) is 2.51. The van der Waals surface area contributed by atoms with E-state index in [2.05, 4.69) is 4.90 Å². The summed E-state index contributed by atoms with van der Waals surface area (Å²) in [4.78, 5) is 14.2. The number of hydrogen-bond acceptors (Lipinski definition) is 4. The van der Waals surface area contributed by atoms with Crippen molar-refractivity contribution in [3.8, 4) is 0 Å². The third-order valence-corrected chi connectivity index (χ3v) is 4.24. The maximum absolute atomic E-state index is 11.7. The Bertz CT molecular complexity index is 290. The zero-order chi connectivity index (χ0) is 12.6. The first-order valence-electron chi connectivity index (χ1n) is 6.54. The molecule has 2 atom stereocenters. The summed E-state index contributed by atoms with van der Waals surface area (Å²) in [6.45, 7) is 4.72. The molecule has 2 heterocycles. The highest BCUT2D eigenvalue weighted by Gasteiger charge is 2.43. The van der Waals surface area contributed by atoms with Crippen LogP contribution < -0.4 is 5.73 Å². The highest BCUT2D eigenvalue weighted by atomic mass is 16.5. The molecule has 2 saturated heterocycles. The molecule has 4 heteroatoms. The summed E-state index contributed by atoms with van der Waals surface area (Å²) in [7, 11) is 1.46. The van der Waals surface area contributed by atoms with Gasteiger partial charge >= 0.3 is 5.97 Å². The number of methoxy groups -OCH3 is 1. The monoisotopic (exact) mass is 240 g/mol. The zero-order valence-electron chi connectivity index (χ0n) is 11.1. The second-order valence-corrected chi connectivity index (χ2v) is 6.16. The van der Waals surface area contributed by atoms with Crippen LogP contribution in [-0.2, 0) is 9.53 Å².